The van der Waals surface area contributed by atoms with Gasteiger partial charge in [0.05, 0.1) is 29.8 Å². The summed E-state index contributed by atoms with van der Waals surface area (Å²) in [5.74, 6) is -0.428. The minimum absolute atomic E-state index is 0.0608. The molecule has 0 bridgehead atoms. The highest BCUT2D eigenvalue weighted by Crippen LogP contribution is 2.42. The van der Waals surface area contributed by atoms with E-state index in [1.54, 1.807) is 36.4 Å². The van der Waals surface area contributed by atoms with Gasteiger partial charge in [-0.1, -0.05) is 140 Å². The normalized spacial score (nSPS) is 18.8. The van der Waals surface area contributed by atoms with Crippen LogP contribution < -0.4 is 10.0 Å². The molecule has 1 fully saturated rings. The van der Waals surface area contributed by atoms with Crippen molar-refractivity contribution in [2.24, 2.45) is 5.92 Å². The smallest absolute Gasteiger partial charge is 0.241 e. The summed E-state index contributed by atoms with van der Waals surface area (Å²) in [4.78, 5) is 16.0. The van der Waals surface area contributed by atoms with Crippen molar-refractivity contribution in [1.29, 1.82) is 0 Å². The molecule has 5 N–H and O–H groups in total. The maximum Gasteiger partial charge on any atom is 0.241 e. The summed E-state index contributed by atoms with van der Waals surface area (Å²) in [6.45, 7) is 4.89. The maximum atomic E-state index is 13.9. The van der Waals surface area contributed by atoms with E-state index in [4.69, 9.17) is 9.47 Å². The standard InChI is InChI=1S/C51H55N3O8S/c1-34-16-26-44(27-17-34)63(59,60)53-46(28-36-10-5-4-6-11-36)50(58)52-30-42-12-7-8-15-45(42)38-22-24-40(25-23-38)51-61-48(32-54(3)31-47(57)41-13-9-14-43(56)29-41)35(2)49(62-51)39-20-18-37(33-55)19-21-39/h4-27,29,35,46-49,51,53,55-57H,28,30-33H2,1-3H3,(H,52,58). The third-order valence-corrected chi connectivity index (χ3v) is 13.0. The van der Waals surface area contributed by atoms with Crippen LogP contribution >= 0.6 is 0 Å². The molecule has 328 valence electrons. The van der Waals surface area contributed by atoms with Gasteiger partial charge in [0.15, 0.2) is 6.29 Å². The van der Waals surface area contributed by atoms with E-state index in [9.17, 15) is 28.5 Å². The molecule has 1 saturated heterocycles. The van der Waals surface area contributed by atoms with Gasteiger partial charge in [0, 0.05) is 31.1 Å². The third-order valence-electron chi connectivity index (χ3n) is 11.5. The summed E-state index contributed by atoms with van der Waals surface area (Å²) in [5, 5.41) is 33.6. The van der Waals surface area contributed by atoms with Crippen molar-refractivity contribution >= 4 is 15.9 Å². The van der Waals surface area contributed by atoms with Gasteiger partial charge in [-0.3, -0.25) is 4.79 Å². The van der Waals surface area contributed by atoms with Crippen LogP contribution in [-0.2, 0) is 43.9 Å². The number of carbonyl (C=O) groups is 1. The molecule has 0 radical (unpaired) electrons. The van der Waals surface area contributed by atoms with Crippen LogP contribution in [-0.4, -0.2) is 66.8 Å². The van der Waals surface area contributed by atoms with Crippen LogP contribution in [0.2, 0.25) is 0 Å². The molecule has 0 saturated carbocycles. The van der Waals surface area contributed by atoms with Gasteiger partial charge in [0.2, 0.25) is 15.9 Å². The van der Waals surface area contributed by atoms with E-state index in [-0.39, 0.29) is 48.3 Å². The zero-order valence-electron chi connectivity index (χ0n) is 35.7. The first kappa shape index (κ1) is 45.3. The number of phenolic OH excluding ortho intramolecular Hbond substituents is 1. The molecule has 63 heavy (non-hydrogen) atoms. The monoisotopic (exact) mass is 869 g/mol. The van der Waals surface area contributed by atoms with Crippen LogP contribution in [0, 0.1) is 12.8 Å². The Hall–Kier alpha value is -5.70. The number of amides is 1. The highest BCUT2D eigenvalue weighted by Gasteiger charge is 2.39. The molecule has 6 atom stereocenters. The van der Waals surface area contributed by atoms with E-state index in [0.29, 0.717) is 18.7 Å². The van der Waals surface area contributed by atoms with Crippen LogP contribution in [0.3, 0.4) is 0 Å². The van der Waals surface area contributed by atoms with Crippen molar-refractivity contribution < 1.29 is 38.0 Å². The Bertz CT molecular complexity index is 2540. The number of aliphatic hydroxyl groups excluding tert-OH is 2. The number of nitrogens with one attached hydrogen (secondary N) is 2. The van der Waals surface area contributed by atoms with E-state index in [1.165, 1.54) is 12.1 Å². The summed E-state index contributed by atoms with van der Waals surface area (Å²) in [7, 11) is -2.07. The van der Waals surface area contributed by atoms with E-state index in [2.05, 4.69) is 17.0 Å². The molecule has 12 heteroatoms. The van der Waals surface area contributed by atoms with E-state index < -0.39 is 34.4 Å². The van der Waals surface area contributed by atoms with Crippen LogP contribution in [0.4, 0.5) is 0 Å². The third kappa shape index (κ3) is 11.7. The van der Waals surface area contributed by atoms with Gasteiger partial charge in [0.25, 0.3) is 0 Å². The Labute approximate surface area is 370 Å². The Morgan fingerprint density at radius 1 is 0.794 bits per heavy atom. The van der Waals surface area contributed by atoms with Gasteiger partial charge < -0.3 is 35.0 Å². The molecule has 0 aromatic heterocycles. The number of nitrogens with zero attached hydrogens (tertiary/aromatic N) is 1. The Kier molecular flexibility index (Phi) is 14.9. The molecular formula is C51H55N3O8S. The number of benzene rings is 6. The predicted octanol–water partition coefficient (Wildman–Crippen LogP) is 7.52. The number of likely N-dealkylation sites (N-methyl/N-ethyl adjacent to an activating group) is 1. The van der Waals surface area contributed by atoms with Crippen molar-refractivity contribution in [2.45, 2.75) is 69.0 Å². The number of aromatic hydroxyl groups is 1. The Morgan fingerprint density at radius 2 is 1.48 bits per heavy atom. The summed E-state index contributed by atoms with van der Waals surface area (Å²) in [6, 6.07) is 44.8. The lowest BCUT2D eigenvalue weighted by Gasteiger charge is -2.42. The van der Waals surface area contributed by atoms with Gasteiger partial charge in [-0.2, -0.15) is 4.72 Å². The fourth-order valence-corrected chi connectivity index (χ4v) is 9.13. The lowest BCUT2D eigenvalue weighted by Crippen LogP contribution is -2.47. The number of rotatable bonds is 17. The molecule has 0 spiro atoms. The molecule has 11 nitrogen and oxygen atoms in total. The summed E-state index contributed by atoms with van der Waals surface area (Å²) in [6.07, 6.45) is -1.98. The lowest BCUT2D eigenvalue weighted by molar-refractivity contribution is -0.276. The molecule has 6 aromatic carbocycles. The number of aliphatic hydroxyl groups is 2. The zero-order chi connectivity index (χ0) is 44.5. The molecule has 7 rings (SSSR count). The van der Waals surface area contributed by atoms with Crippen LogP contribution in [0.15, 0.2) is 157 Å². The van der Waals surface area contributed by atoms with Crippen molar-refractivity contribution in [2.75, 3.05) is 20.1 Å². The number of hydrogen-bond acceptors (Lipinski definition) is 9. The van der Waals surface area contributed by atoms with Crippen LogP contribution in [0.1, 0.15) is 64.4 Å². The van der Waals surface area contributed by atoms with E-state index in [1.807, 2.05) is 122 Å². The van der Waals surface area contributed by atoms with E-state index in [0.717, 1.165) is 44.5 Å². The number of hydrogen-bond donors (Lipinski definition) is 5. The van der Waals surface area contributed by atoms with Crippen LogP contribution in [0.25, 0.3) is 11.1 Å². The number of ether oxygens (including phenoxy) is 2. The van der Waals surface area contributed by atoms with Gasteiger partial charge in [0.1, 0.15) is 11.8 Å². The first-order valence-electron chi connectivity index (χ1n) is 21.1. The molecule has 1 aliphatic rings. The topological polar surface area (TPSA) is 158 Å². The molecule has 6 unspecified atom stereocenters. The van der Waals surface area contributed by atoms with Gasteiger partial charge in [-0.25, -0.2) is 8.42 Å². The molecule has 1 amide bonds. The Morgan fingerprint density at radius 3 is 2.17 bits per heavy atom. The highest BCUT2D eigenvalue weighted by molar-refractivity contribution is 7.89. The van der Waals surface area contributed by atoms with Crippen LogP contribution in [0.5, 0.6) is 5.75 Å². The molecule has 0 aliphatic carbocycles. The average molecular weight is 870 g/mol. The quantitative estimate of drug-likeness (QED) is 0.0626. The number of phenols is 1. The number of carbonyl (C=O) groups excluding carboxylic acids is 1. The molecule has 1 aliphatic heterocycles. The van der Waals surface area contributed by atoms with Gasteiger partial charge in [-0.05, 0) is 83.6 Å². The summed E-state index contributed by atoms with van der Waals surface area (Å²) < 4.78 is 43.0. The van der Waals surface area contributed by atoms with Crippen molar-refractivity contribution in [3.8, 4) is 16.9 Å². The van der Waals surface area contributed by atoms with Crippen molar-refractivity contribution in [1.82, 2.24) is 14.9 Å². The lowest BCUT2D eigenvalue weighted by atomic mass is 9.90. The van der Waals surface area contributed by atoms with Crippen molar-refractivity contribution in [3.05, 3.63) is 191 Å². The van der Waals surface area contributed by atoms with Crippen molar-refractivity contribution in [3.63, 3.8) is 0 Å². The molecule has 6 aromatic rings. The largest absolute Gasteiger partial charge is 0.508 e. The number of sulfonamides is 1. The maximum absolute atomic E-state index is 13.9. The second-order valence-electron chi connectivity index (χ2n) is 16.3. The average Bonchev–Trinajstić information content (AvgIpc) is 3.29. The molecular weight excluding hydrogens is 815 g/mol. The van der Waals surface area contributed by atoms with Gasteiger partial charge in [-0.15, -0.1) is 0 Å². The minimum atomic E-state index is -4.00. The Balaban J connectivity index is 1.07. The van der Waals surface area contributed by atoms with E-state index >= 15 is 0 Å². The summed E-state index contributed by atoms with van der Waals surface area (Å²) in [5.41, 5.74) is 7.59. The highest BCUT2D eigenvalue weighted by atomic mass is 32.2. The second-order valence-corrected chi connectivity index (χ2v) is 18.0. The summed E-state index contributed by atoms with van der Waals surface area (Å²) >= 11 is 0. The first-order chi connectivity index (χ1) is 30.4. The second kappa shape index (κ2) is 20.7. The SMILES string of the molecule is Cc1ccc(S(=O)(=O)NC(Cc2ccccc2)C(=O)NCc2ccccc2-c2ccc(C3OC(CN(C)CC(O)c4cccc(O)c4)C(C)C(c4ccc(CO)cc4)O3)cc2)cc1. The number of aryl methyl sites for hydroxylation is 1. The minimum Gasteiger partial charge on any atom is -0.508 e. The van der Waals surface area contributed by atoms with Gasteiger partial charge >= 0.3 is 0 Å². The zero-order valence-corrected chi connectivity index (χ0v) is 36.5. The first-order valence-corrected chi connectivity index (χ1v) is 22.6. The predicted molar refractivity (Wildman–Crippen MR) is 243 cm³/mol. The fourth-order valence-electron chi connectivity index (χ4n) is 7.93. The molecule has 1 heterocycles. The fraction of sp³-hybridized carbons (Fsp3) is 0.275.